The fourth-order valence-electron chi connectivity index (χ4n) is 1.46. The molecule has 0 amide bonds. The molecule has 3 rings (SSSR count). The average molecular weight is 339 g/mol. The van der Waals surface area contributed by atoms with Crippen molar-refractivity contribution in [3.05, 3.63) is 18.2 Å². The number of rotatable bonds is 4. The van der Waals surface area contributed by atoms with Crippen LogP contribution in [0.15, 0.2) is 26.9 Å². The zero-order valence-electron chi connectivity index (χ0n) is 10.6. The van der Waals surface area contributed by atoms with Gasteiger partial charge in [-0.15, -0.1) is 20.4 Å². The molecule has 0 bridgehead atoms. The maximum Gasteiger partial charge on any atom is 0.174 e. The molecule has 20 heavy (non-hydrogen) atoms. The molecule has 102 valence electrons. The minimum absolute atomic E-state index is 0.821. The lowest BCUT2D eigenvalue weighted by atomic mass is 10.3. The fraction of sp³-hybridized carbons (Fsp3) is 0.182. The van der Waals surface area contributed by atoms with Gasteiger partial charge in [0.25, 0.3) is 0 Å². The Bertz CT molecular complexity index is 665. The summed E-state index contributed by atoms with van der Waals surface area (Å²) in [5.74, 6) is 0. The summed E-state index contributed by atoms with van der Waals surface area (Å²) >= 11 is 6.25. The first-order chi connectivity index (χ1) is 9.80. The first-order valence-corrected chi connectivity index (χ1v) is 9.61. The summed E-state index contributed by atoms with van der Waals surface area (Å²) in [6.07, 6.45) is 3.97. The van der Waals surface area contributed by atoms with Gasteiger partial charge in [-0.2, -0.15) is 0 Å². The Labute approximate surface area is 132 Å². The molecule has 0 saturated carbocycles. The van der Waals surface area contributed by atoms with Crippen LogP contribution in [0.5, 0.6) is 0 Å². The van der Waals surface area contributed by atoms with E-state index in [0.717, 1.165) is 30.1 Å². The predicted octanol–water partition coefficient (Wildman–Crippen LogP) is 3.56. The first kappa shape index (κ1) is 13.9. The normalized spacial score (nSPS) is 10.9. The summed E-state index contributed by atoms with van der Waals surface area (Å²) < 4.78 is 1.88. The minimum Gasteiger partial charge on any atom is -0.243 e. The molecule has 0 aliphatic rings. The van der Waals surface area contributed by atoms with Crippen molar-refractivity contribution in [2.45, 2.75) is 8.68 Å². The van der Waals surface area contributed by atoms with Crippen molar-refractivity contribution in [3.63, 3.8) is 0 Å². The van der Waals surface area contributed by atoms with Crippen LogP contribution in [0.2, 0.25) is 0 Å². The SMILES string of the molecule is CSc1nnc(-c2cccc(-c3nnc(SC)s3)n2)s1. The van der Waals surface area contributed by atoms with Crippen LogP contribution < -0.4 is 0 Å². The van der Waals surface area contributed by atoms with Gasteiger partial charge in [-0.05, 0) is 24.6 Å². The Hall–Kier alpha value is -1.03. The van der Waals surface area contributed by atoms with E-state index in [2.05, 4.69) is 25.4 Å². The monoisotopic (exact) mass is 339 g/mol. The molecule has 0 aromatic carbocycles. The Kier molecular flexibility index (Phi) is 4.29. The zero-order valence-corrected chi connectivity index (χ0v) is 13.9. The van der Waals surface area contributed by atoms with Crippen LogP contribution in [0.25, 0.3) is 21.4 Å². The van der Waals surface area contributed by atoms with E-state index in [1.54, 1.807) is 46.2 Å². The standard InChI is InChI=1S/C11H9N5S4/c1-17-10-15-13-8(19-10)6-4-3-5-7(12-6)9-14-16-11(18-2)20-9/h3-5H,1-2H3. The molecular formula is C11H9N5S4. The van der Waals surface area contributed by atoms with Crippen LogP contribution in [0.1, 0.15) is 0 Å². The quantitative estimate of drug-likeness (QED) is 0.673. The summed E-state index contributed by atoms with van der Waals surface area (Å²) in [6.45, 7) is 0. The molecule has 0 aliphatic carbocycles. The van der Waals surface area contributed by atoms with E-state index in [9.17, 15) is 0 Å². The van der Waals surface area contributed by atoms with E-state index in [1.165, 1.54) is 0 Å². The van der Waals surface area contributed by atoms with Gasteiger partial charge in [-0.25, -0.2) is 4.98 Å². The lowest BCUT2D eigenvalue weighted by Crippen LogP contribution is -1.87. The van der Waals surface area contributed by atoms with Crippen molar-refractivity contribution in [2.75, 3.05) is 12.5 Å². The number of hydrogen-bond acceptors (Lipinski definition) is 9. The molecule has 0 spiro atoms. The summed E-state index contributed by atoms with van der Waals surface area (Å²) in [5, 5.41) is 18.2. The first-order valence-electron chi connectivity index (χ1n) is 5.53. The van der Waals surface area contributed by atoms with Crippen LogP contribution in [-0.2, 0) is 0 Å². The molecule has 3 aromatic rings. The minimum atomic E-state index is 0.821. The van der Waals surface area contributed by atoms with Crippen molar-refractivity contribution in [1.29, 1.82) is 0 Å². The van der Waals surface area contributed by atoms with E-state index in [-0.39, 0.29) is 0 Å². The number of pyridine rings is 1. The van der Waals surface area contributed by atoms with E-state index in [1.807, 2.05) is 30.7 Å². The molecule has 0 unspecified atom stereocenters. The van der Waals surface area contributed by atoms with Crippen LogP contribution >= 0.6 is 46.2 Å². The van der Waals surface area contributed by atoms with Gasteiger partial charge < -0.3 is 0 Å². The highest BCUT2D eigenvalue weighted by molar-refractivity contribution is 8.00. The Morgan fingerprint density at radius 2 is 1.30 bits per heavy atom. The third-order valence-corrected chi connectivity index (χ3v) is 6.19. The topological polar surface area (TPSA) is 64.5 Å². The summed E-state index contributed by atoms with van der Waals surface area (Å²) in [6, 6.07) is 5.83. The van der Waals surface area contributed by atoms with Gasteiger partial charge in [-0.1, -0.05) is 52.3 Å². The summed E-state index contributed by atoms with van der Waals surface area (Å²) in [7, 11) is 0. The molecule has 0 N–H and O–H groups in total. The van der Waals surface area contributed by atoms with Crippen molar-refractivity contribution in [2.24, 2.45) is 0 Å². The molecule has 5 nitrogen and oxygen atoms in total. The van der Waals surface area contributed by atoms with Crippen molar-refractivity contribution in [1.82, 2.24) is 25.4 Å². The predicted molar refractivity (Wildman–Crippen MR) is 85.6 cm³/mol. The van der Waals surface area contributed by atoms with Crippen molar-refractivity contribution < 1.29 is 0 Å². The molecule has 3 heterocycles. The van der Waals surface area contributed by atoms with E-state index in [4.69, 9.17) is 0 Å². The molecule has 0 atom stereocenters. The van der Waals surface area contributed by atoms with E-state index < -0.39 is 0 Å². The molecule has 3 aromatic heterocycles. The molecule has 0 radical (unpaired) electrons. The van der Waals surface area contributed by atoms with Gasteiger partial charge in [0.15, 0.2) is 18.7 Å². The second kappa shape index (κ2) is 6.17. The van der Waals surface area contributed by atoms with E-state index in [0.29, 0.717) is 0 Å². The number of nitrogens with zero attached hydrogens (tertiary/aromatic N) is 5. The van der Waals surface area contributed by atoms with Crippen molar-refractivity contribution in [3.8, 4) is 21.4 Å². The summed E-state index contributed by atoms with van der Waals surface area (Å²) in [5.41, 5.74) is 1.64. The van der Waals surface area contributed by atoms with E-state index >= 15 is 0 Å². The molecular weight excluding hydrogens is 330 g/mol. The third-order valence-electron chi connectivity index (χ3n) is 2.35. The summed E-state index contributed by atoms with van der Waals surface area (Å²) in [4.78, 5) is 4.61. The van der Waals surface area contributed by atoms with Gasteiger partial charge in [0.05, 0.1) is 0 Å². The number of hydrogen-bond donors (Lipinski definition) is 0. The fourth-order valence-corrected chi connectivity index (χ4v) is 3.94. The molecule has 0 aliphatic heterocycles. The van der Waals surface area contributed by atoms with Gasteiger partial charge in [0.2, 0.25) is 0 Å². The Balaban J connectivity index is 1.96. The van der Waals surface area contributed by atoms with Crippen LogP contribution in [-0.4, -0.2) is 37.9 Å². The van der Waals surface area contributed by atoms with Gasteiger partial charge in [0.1, 0.15) is 11.4 Å². The number of thioether (sulfide) groups is 2. The molecule has 0 fully saturated rings. The number of aromatic nitrogens is 5. The Morgan fingerprint density at radius 3 is 1.70 bits per heavy atom. The lowest BCUT2D eigenvalue weighted by Gasteiger charge is -1.97. The zero-order chi connectivity index (χ0) is 13.9. The van der Waals surface area contributed by atoms with Crippen LogP contribution in [0, 0.1) is 0 Å². The van der Waals surface area contributed by atoms with Gasteiger partial charge >= 0.3 is 0 Å². The van der Waals surface area contributed by atoms with Crippen LogP contribution in [0.3, 0.4) is 0 Å². The molecule has 9 heteroatoms. The molecule has 0 saturated heterocycles. The van der Waals surface area contributed by atoms with Crippen molar-refractivity contribution >= 4 is 46.2 Å². The maximum atomic E-state index is 4.61. The highest BCUT2D eigenvalue weighted by Crippen LogP contribution is 2.30. The second-order valence-corrected chi connectivity index (χ2v) is 7.62. The maximum absolute atomic E-state index is 4.61. The lowest BCUT2D eigenvalue weighted by molar-refractivity contribution is 1.01. The largest absolute Gasteiger partial charge is 0.243 e. The Morgan fingerprint density at radius 1 is 0.800 bits per heavy atom. The van der Waals surface area contributed by atoms with Crippen LogP contribution in [0.4, 0.5) is 0 Å². The van der Waals surface area contributed by atoms with Gasteiger partial charge in [-0.3, -0.25) is 0 Å². The van der Waals surface area contributed by atoms with Gasteiger partial charge in [0, 0.05) is 0 Å². The highest BCUT2D eigenvalue weighted by Gasteiger charge is 2.11. The average Bonchev–Trinajstić information content (AvgIpc) is 3.16. The third kappa shape index (κ3) is 2.85. The smallest absolute Gasteiger partial charge is 0.174 e. The highest BCUT2D eigenvalue weighted by atomic mass is 32.2. The second-order valence-electron chi connectivity index (χ2n) is 3.56.